The molecular formula is C20H18N6O. The van der Waals surface area contributed by atoms with Gasteiger partial charge in [0.05, 0.1) is 6.61 Å². The lowest BCUT2D eigenvalue weighted by molar-refractivity contribution is 0.357. The number of nitrogens with two attached hydrogens (primary N) is 1. The zero-order chi connectivity index (χ0) is 18.2. The van der Waals surface area contributed by atoms with Crippen LogP contribution in [0.4, 0.5) is 5.82 Å². The summed E-state index contributed by atoms with van der Waals surface area (Å²) in [5.41, 5.74) is 10.9. The topological polar surface area (TPSA) is 91.2 Å². The van der Waals surface area contributed by atoms with Crippen LogP contribution in [-0.4, -0.2) is 31.2 Å². The Morgan fingerprint density at radius 3 is 2.93 bits per heavy atom. The minimum Gasteiger partial charge on any atom is -0.493 e. The summed E-state index contributed by atoms with van der Waals surface area (Å²) < 4.78 is 7.62. The molecule has 0 atom stereocenters. The van der Waals surface area contributed by atoms with Gasteiger partial charge in [-0.1, -0.05) is 12.1 Å². The molecule has 0 saturated heterocycles. The predicted molar refractivity (Wildman–Crippen MR) is 101 cm³/mol. The highest BCUT2D eigenvalue weighted by Gasteiger charge is 2.17. The lowest BCUT2D eigenvalue weighted by atomic mass is 10.0. The molecule has 0 amide bonds. The fourth-order valence-corrected chi connectivity index (χ4v) is 3.59. The van der Waals surface area contributed by atoms with E-state index in [2.05, 4.69) is 32.3 Å². The van der Waals surface area contributed by atoms with Crippen molar-refractivity contribution in [3.05, 3.63) is 66.0 Å². The molecule has 2 N–H and O–H groups in total. The Kier molecular flexibility index (Phi) is 3.71. The van der Waals surface area contributed by atoms with E-state index in [4.69, 9.17) is 10.5 Å². The van der Waals surface area contributed by atoms with Crippen LogP contribution in [0, 0.1) is 0 Å². The summed E-state index contributed by atoms with van der Waals surface area (Å²) in [7, 11) is 0. The average molecular weight is 358 g/mol. The lowest BCUT2D eigenvalue weighted by Crippen LogP contribution is -2.05. The van der Waals surface area contributed by atoms with E-state index >= 15 is 0 Å². The van der Waals surface area contributed by atoms with Gasteiger partial charge in [0.2, 0.25) is 0 Å². The second kappa shape index (κ2) is 6.35. The van der Waals surface area contributed by atoms with E-state index in [0.717, 1.165) is 54.2 Å². The highest BCUT2D eigenvalue weighted by molar-refractivity contribution is 5.76. The Labute approximate surface area is 155 Å². The second-order valence-electron chi connectivity index (χ2n) is 6.58. The van der Waals surface area contributed by atoms with Crippen molar-refractivity contribution in [1.82, 2.24) is 24.6 Å². The third-order valence-electron chi connectivity index (χ3n) is 4.96. The summed E-state index contributed by atoms with van der Waals surface area (Å²) in [6.45, 7) is 0.768. The van der Waals surface area contributed by atoms with Gasteiger partial charge in [-0.25, -0.2) is 9.97 Å². The number of fused-ring (bicyclic) bond motifs is 2. The van der Waals surface area contributed by atoms with Crippen LogP contribution in [0.15, 0.2) is 49.1 Å². The standard InChI is InChI=1S/C20H18N6O/c21-18-6-4-14(10-22-18)16-11-23-19(26-12-24-25-20(16)26)7-5-13-2-1-3-17-15(13)8-9-27-17/h1-4,6,10-12H,5,7-9H2,(H2,21,22). The summed E-state index contributed by atoms with van der Waals surface area (Å²) in [6.07, 6.45) is 7.95. The van der Waals surface area contributed by atoms with Crippen molar-refractivity contribution in [3.63, 3.8) is 0 Å². The van der Waals surface area contributed by atoms with Crippen LogP contribution in [0.2, 0.25) is 0 Å². The van der Waals surface area contributed by atoms with Crippen molar-refractivity contribution < 1.29 is 4.74 Å². The van der Waals surface area contributed by atoms with E-state index < -0.39 is 0 Å². The molecule has 0 bridgehead atoms. The van der Waals surface area contributed by atoms with Gasteiger partial charge in [-0.15, -0.1) is 10.2 Å². The minimum absolute atomic E-state index is 0.486. The number of aryl methyl sites for hydroxylation is 2. The fraction of sp³-hybridized carbons (Fsp3) is 0.200. The summed E-state index contributed by atoms with van der Waals surface area (Å²) in [5, 5.41) is 8.37. The molecule has 4 heterocycles. The quantitative estimate of drug-likeness (QED) is 0.603. The van der Waals surface area contributed by atoms with Crippen LogP contribution < -0.4 is 10.5 Å². The van der Waals surface area contributed by atoms with Gasteiger partial charge in [-0.2, -0.15) is 0 Å². The Bertz CT molecular complexity index is 1120. The molecule has 0 spiro atoms. The van der Waals surface area contributed by atoms with Gasteiger partial charge >= 0.3 is 0 Å². The van der Waals surface area contributed by atoms with Crippen LogP contribution in [0.3, 0.4) is 0 Å². The Hall–Kier alpha value is -3.48. The molecule has 4 aromatic rings. The SMILES string of the molecule is Nc1ccc(-c2cnc(CCc3cccc4c3CCO4)n3cnnc23)cn1. The van der Waals surface area contributed by atoms with Gasteiger partial charge in [0.1, 0.15) is 23.7 Å². The van der Waals surface area contributed by atoms with E-state index in [-0.39, 0.29) is 0 Å². The second-order valence-corrected chi connectivity index (χ2v) is 6.58. The van der Waals surface area contributed by atoms with Crippen molar-refractivity contribution >= 4 is 11.5 Å². The number of nitrogen functional groups attached to an aromatic ring is 1. The normalized spacial score (nSPS) is 12.9. The predicted octanol–water partition coefficient (Wildman–Crippen LogP) is 2.49. The van der Waals surface area contributed by atoms with Crippen LogP contribution >= 0.6 is 0 Å². The number of benzene rings is 1. The first-order valence-electron chi connectivity index (χ1n) is 8.93. The third-order valence-corrected chi connectivity index (χ3v) is 4.96. The molecule has 3 aromatic heterocycles. The summed E-state index contributed by atoms with van der Waals surface area (Å²) >= 11 is 0. The number of ether oxygens (including phenoxy) is 1. The molecule has 27 heavy (non-hydrogen) atoms. The molecule has 0 unspecified atom stereocenters. The maximum absolute atomic E-state index is 5.69. The zero-order valence-corrected chi connectivity index (χ0v) is 14.7. The molecule has 0 aliphatic carbocycles. The Morgan fingerprint density at radius 2 is 2.04 bits per heavy atom. The number of aromatic nitrogens is 5. The zero-order valence-electron chi connectivity index (χ0n) is 14.7. The minimum atomic E-state index is 0.486. The van der Waals surface area contributed by atoms with Crippen molar-refractivity contribution in [2.24, 2.45) is 0 Å². The largest absolute Gasteiger partial charge is 0.493 e. The van der Waals surface area contributed by atoms with E-state index in [1.807, 2.05) is 22.7 Å². The van der Waals surface area contributed by atoms with Crippen LogP contribution in [0.1, 0.15) is 17.0 Å². The molecule has 1 aliphatic rings. The van der Waals surface area contributed by atoms with Crippen molar-refractivity contribution in [1.29, 1.82) is 0 Å². The van der Waals surface area contributed by atoms with E-state index in [1.54, 1.807) is 18.6 Å². The van der Waals surface area contributed by atoms with Crippen LogP contribution in [-0.2, 0) is 19.3 Å². The number of pyridine rings is 1. The molecule has 0 saturated carbocycles. The third kappa shape index (κ3) is 2.77. The van der Waals surface area contributed by atoms with Gasteiger partial charge < -0.3 is 10.5 Å². The first kappa shape index (κ1) is 15.7. The monoisotopic (exact) mass is 358 g/mol. The van der Waals surface area contributed by atoms with Crippen LogP contribution in [0.5, 0.6) is 5.75 Å². The number of rotatable bonds is 4. The molecule has 134 valence electrons. The first-order chi connectivity index (χ1) is 13.3. The maximum atomic E-state index is 5.69. The molecule has 0 fully saturated rings. The smallest absolute Gasteiger partial charge is 0.171 e. The van der Waals surface area contributed by atoms with Crippen molar-refractivity contribution in [2.45, 2.75) is 19.3 Å². The number of nitrogens with zero attached hydrogens (tertiary/aromatic N) is 5. The molecule has 7 heteroatoms. The lowest BCUT2D eigenvalue weighted by Gasteiger charge is -2.10. The fourth-order valence-electron chi connectivity index (χ4n) is 3.59. The molecule has 0 radical (unpaired) electrons. The summed E-state index contributed by atoms with van der Waals surface area (Å²) in [4.78, 5) is 8.84. The molecule has 1 aromatic carbocycles. The van der Waals surface area contributed by atoms with E-state index in [0.29, 0.717) is 5.82 Å². The van der Waals surface area contributed by atoms with Crippen LogP contribution in [0.25, 0.3) is 16.8 Å². The molecule has 1 aliphatic heterocycles. The Balaban J connectivity index is 1.47. The van der Waals surface area contributed by atoms with Crippen molar-refractivity contribution in [3.8, 4) is 16.9 Å². The number of anilines is 1. The number of hydrogen-bond donors (Lipinski definition) is 1. The van der Waals surface area contributed by atoms with E-state index in [1.165, 1.54) is 11.1 Å². The highest BCUT2D eigenvalue weighted by atomic mass is 16.5. The van der Waals surface area contributed by atoms with Gasteiger partial charge in [-0.05, 0) is 30.2 Å². The van der Waals surface area contributed by atoms with Gasteiger partial charge in [0.15, 0.2) is 5.65 Å². The van der Waals surface area contributed by atoms with Gasteiger partial charge in [-0.3, -0.25) is 4.40 Å². The van der Waals surface area contributed by atoms with Crippen molar-refractivity contribution in [2.75, 3.05) is 12.3 Å². The van der Waals surface area contributed by atoms with Gasteiger partial charge in [0, 0.05) is 41.9 Å². The Morgan fingerprint density at radius 1 is 1.07 bits per heavy atom. The summed E-state index contributed by atoms with van der Waals surface area (Å²) in [5.74, 6) is 2.43. The average Bonchev–Trinajstić information content (AvgIpc) is 3.36. The highest BCUT2D eigenvalue weighted by Crippen LogP contribution is 2.29. The molecule has 5 rings (SSSR count). The maximum Gasteiger partial charge on any atom is 0.171 e. The first-order valence-corrected chi connectivity index (χ1v) is 8.93. The molecule has 7 nitrogen and oxygen atoms in total. The number of hydrogen-bond acceptors (Lipinski definition) is 6. The molecular weight excluding hydrogens is 340 g/mol. The van der Waals surface area contributed by atoms with E-state index in [9.17, 15) is 0 Å². The van der Waals surface area contributed by atoms with Gasteiger partial charge in [0.25, 0.3) is 0 Å². The summed E-state index contributed by atoms with van der Waals surface area (Å²) in [6, 6.07) is 9.95.